The second kappa shape index (κ2) is 7.92. The average Bonchev–Trinajstić information content (AvgIpc) is 2.72. The molecule has 0 saturated carbocycles. The van der Waals surface area contributed by atoms with Crippen LogP contribution < -0.4 is 5.32 Å². The number of fused-ring (bicyclic) bond motifs is 1. The summed E-state index contributed by atoms with van der Waals surface area (Å²) in [7, 11) is 0. The molecule has 0 aromatic heterocycles. The number of aryl methyl sites for hydroxylation is 1. The summed E-state index contributed by atoms with van der Waals surface area (Å²) >= 11 is 1.76. The molecule has 1 aliphatic rings. The predicted molar refractivity (Wildman–Crippen MR) is 123 cm³/mol. The van der Waals surface area contributed by atoms with Crippen molar-refractivity contribution < 1.29 is 4.79 Å². The van der Waals surface area contributed by atoms with Gasteiger partial charge in [0.1, 0.15) is 0 Å². The molecule has 146 valence electrons. The van der Waals surface area contributed by atoms with Crippen molar-refractivity contribution in [2.24, 2.45) is 0 Å². The van der Waals surface area contributed by atoms with Crippen LogP contribution in [0.4, 0.5) is 5.69 Å². The van der Waals surface area contributed by atoms with Crippen LogP contribution in [0.25, 0.3) is 4.91 Å². The van der Waals surface area contributed by atoms with Gasteiger partial charge in [-0.2, -0.15) is 0 Å². The minimum atomic E-state index is -0.0795. The van der Waals surface area contributed by atoms with Crippen molar-refractivity contribution >= 4 is 28.3 Å². The van der Waals surface area contributed by atoms with E-state index in [1.165, 1.54) is 20.9 Å². The van der Waals surface area contributed by atoms with E-state index in [1.807, 2.05) is 49.4 Å². The van der Waals surface area contributed by atoms with Gasteiger partial charge in [-0.3, -0.25) is 4.79 Å². The van der Waals surface area contributed by atoms with Crippen molar-refractivity contribution in [2.75, 3.05) is 5.32 Å². The molecule has 0 saturated heterocycles. The van der Waals surface area contributed by atoms with Gasteiger partial charge in [-0.15, -0.1) is 0 Å². The SMILES string of the molecule is Cc1ccc(NC(=O)c2ccc3c(c2)C(Sc2ccccc2)=CCC3(C)C)cc1. The van der Waals surface area contributed by atoms with Gasteiger partial charge in [0.25, 0.3) is 5.91 Å². The van der Waals surface area contributed by atoms with E-state index >= 15 is 0 Å². The summed E-state index contributed by atoms with van der Waals surface area (Å²) in [6.07, 6.45) is 3.30. The van der Waals surface area contributed by atoms with Gasteiger partial charge in [0.05, 0.1) is 0 Å². The number of hydrogen-bond acceptors (Lipinski definition) is 2. The molecule has 1 aliphatic carbocycles. The van der Waals surface area contributed by atoms with Crippen LogP contribution in [-0.4, -0.2) is 5.91 Å². The lowest BCUT2D eigenvalue weighted by atomic mass is 9.75. The van der Waals surface area contributed by atoms with E-state index in [0.717, 1.165) is 17.7 Å². The molecule has 0 bridgehead atoms. The van der Waals surface area contributed by atoms with Gasteiger partial charge >= 0.3 is 0 Å². The fourth-order valence-corrected chi connectivity index (χ4v) is 4.59. The highest BCUT2D eigenvalue weighted by Crippen LogP contribution is 2.45. The van der Waals surface area contributed by atoms with Gasteiger partial charge in [-0.1, -0.05) is 73.6 Å². The predicted octanol–water partition coefficient (Wildman–Crippen LogP) is 7.06. The van der Waals surface area contributed by atoms with Crippen molar-refractivity contribution in [2.45, 2.75) is 37.5 Å². The number of hydrogen-bond donors (Lipinski definition) is 1. The number of allylic oxidation sites excluding steroid dienone is 1. The summed E-state index contributed by atoms with van der Waals surface area (Å²) in [4.78, 5) is 15.3. The summed E-state index contributed by atoms with van der Waals surface area (Å²) in [5.74, 6) is -0.0795. The molecule has 29 heavy (non-hydrogen) atoms. The number of benzene rings is 3. The molecule has 2 nitrogen and oxygen atoms in total. The van der Waals surface area contributed by atoms with E-state index < -0.39 is 0 Å². The molecular weight excluding hydrogens is 374 g/mol. The summed E-state index contributed by atoms with van der Waals surface area (Å²) in [6, 6.07) is 24.4. The molecule has 0 aliphatic heterocycles. The van der Waals surface area contributed by atoms with Crippen LogP contribution in [0.2, 0.25) is 0 Å². The number of amides is 1. The molecule has 0 atom stereocenters. The zero-order chi connectivity index (χ0) is 20.4. The van der Waals surface area contributed by atoms with Crippen LogP contribution in [-0.2, 0) is 5.41 Å². The van der Waals surface area contributed by atoms with E-state index in [9.17, 15) is 4.79 Å². The lowest BCUT2D eigenvalue weighted by molar-refractivity contribution is 0.102. The summed E-state index contributed by atoms with van der Waals surface area (Å²) in [5, 5.41) is 3.01. The van der Waals surface area contributed by atoms with Crippen molar-refractivity contribution in [1.82, 2.24) is 0 Å². The second-order valence-electron chi connectivity index (χ2n) is 8.15. The molecule has 4 rings (SSSR count). The van der Waals surface area contributed by atoms with E-state index in [2.05, 4.69) is 55.6 Å². The van der Waals surface area contributed by atoms with Crippen molar-refractivity contribution in [3.8, 4) is 0 Å². The lowest BCUT2D eigenvalue weighted by Gasteiger charge is -2.32. The van der Waals surface area contributed by atoms with E-state index in [-0.39, 0.29) is 11.3 Å². The molecule has 0 unspecified atom stereocenters. The van der Waals surface area contributed by atoms with E-state index in [1.54, 1.807) is 11.8 Å². The first-order chi connectivity index (χ1) is 13.9. The van der Waals surface area contributed by atoms with Crippen molar-refractivity contribution in [3.63, 3.8) is 0 Å². The van der Waals surface area contributed by atoms with Gasteiger partial charge in [-0.25, -0.2) is 0 Å². The Morgan fingerprint density at radius 3 is 2.41 bits per heavy atom. The van der Waals surface area contributed by atoms with E-state index in [4.69, 9.17) is 0 Å². The third-order valence-corrected chi connectivity index (χ3v) is 6.47. The zero-order valence-electron chi connectivity index (χ0n) is 17.0. The zero-order valence-corrected chi connectivity index (χ0v) is 17.8. The minimum absolute atomic E-state index is 0.0576. The van der Waals surface area contributed by atoms with Crippen LogP contribution in [0.5, 0.6) is 0 Å². The monoisotopic (exact) mass is 399 g/mol. The van der Waals surface area contributed by atoms with Crippen LogP contribution >= 0.6 is 11.8 Å². The third-order valence-electron chi connectivity index (χ3n) is 5.35. The van der Waals surface area contributed by atoms with E-state index in [0.29, 0.717) is 5.56 Å². The maximum absolute atomic E-state index is 12.9. The maximum atomic E-state index is 12.9. The minimum Gasteiger partial charge on any atom is -0.322 e. The first-order valence-corrected chi connectivity index (χ1v) is 10.7. The molecule has 0 heterocycles. The molecule has 3 aromatic rings. The van der Waals surface area contributed by atoms with Gasteiger partial charge in [0.15, 0.2) is 0 Å². The molecule has 1 N–H and O–H groups in total. The van der Waals surface area contributed by atoms with Crippen molar-refractivity contribution in [1.29, 1.82) is 0 Å². The Bertz CT molecular complexity index is 1070. The number of carbonyl (C=O) groups is 1. The maximum Gasteiger partial charge on any atom is 0.255 e. The van der Waals surface area contributed by atoms with Crippen LogP contribution in [0.15, 0.2) is 83.8 Å². The molecular formula is C26H25NOS. The number of rotatable bonds is 4. The first kappa shape index (κ1) is 19.5. The summed E-state index contributed by atoms with van der Waals surface area (Å²) in [5.41, 5.74) is 5.18. The normalized spacial score (nSPS) is 14.7. The molecule has 1 amide bonds. The van der Waals surface area contributed by atoms with Crippen LogP contribution in [0.3, 0.4) is 0 Å². The Labute approximate surface area is 177 Å². The van der Waals surface area contributed by atoms with Crippen LogP contribution in [0.1, 0.15) is 47.3 Å². The number of carbonyl (C=O) groups excluding carboxylic acids is 1. The summed E-state index contributed by atoms with van der Waals surface area (Å²) in [6.45, 7) is 6.56. The van der Waals surface area contributed by atoms with Gasteiger partial charge < -0.3 is 5.32 Å². The van der Waals surface area contributed by atoms with Crippen molar-refractivity contribution in [3.05, 3.63) is 101 Å². The van der Waals surface area contributed by atoms with Gasteiger partial charge in [0.2, 0.25) is 0 Å². The number of thioether (sulfide) groups is 1. The molecule has 0 fully saturated rings. The molecule has 0 spiro atoms. The topological polar surface area (TPSA) is 29.1 Å². The highest BCUT2D eigenvalue weighted by atomic mass is 32.2. The number of anilines is 1. The Morgan fingerprint density at radius 2 is 1.69 bits per heavy atom. The fourth-order valence-electron chi connectivity index (χ4n) is 3.60. The second-order valence-corrected chi connectivity index (χ2v) is 9.27. The molecule has 0 radical (unpaired) electrons. The van der Waals surface area contributed by atoms with Gasteiger partial charge in [-0.05, 0) is 66.3 Å². The van der Waals surface area contributed by atoms with Crippen LogP contribution in [0, 0.1) is 6.92 Å². The largest absolute Gasteiger partial charge is 0.322 e. The highest BCUT2D eigenvalue weighted by molar-refractivity contribution is 8.08. The van der Waals surface area contributed by atoms with Gasteiger partial charge in [0, 0.05) is 21.1 Å². The Hall–Kier alpha value is -2.78. The molecule has 3 aromatic carbocycles. The smallest absolute Gasteiger partial charge is 0.255 e. The Balaban J connectivity index is 1.65. The standard InChI is InChI=1S/C26H25NOS/c1-18-9-12-20(13-10-18)27-25(28)19-11-14-23-22(17-19)24(15-16-26(23,2)3)29-21-7-5-4-6-8-21/h4-15,17H,16H2,1-3H3,(H,27,28). The lowest BCUT2D eigenvalue weighted by Crippen LogP contribution is -2.22. The third kappa shape index (κ3) is 4.30. The Kier molecular flexibility index (Phi) is 5.33. The quantitative estimate of drug-likeness (QED) is 0.509. The number of nitrogens with one attached hydrogen (secondary N) is 1. The highest BCUT2D eigenvalue weighted by Gasteiger charge is 2.29. The fraction of sp³-hybridized carbons (Fsp3) is 0.192. The average molecular weight is 400 g/mol. The Morgan fingerprint density at radius 1 is 0.966 bits per heavy atom. The summed E-state index contributed by atoms with van der Waals surface area (Å²) < 4.78 is 0. The first-order valence-electron chi connectivity index (χ1n) is 9.88. The molecule has 3 heteroatoms.